The fourth-order valence-corrected chi connectivity index (χ4v) is 2.56. The molecule has 1 aliphatic rings. The maximum atomic E-state index is 4.51. The fourth-order valence-electron chi connectivity index (χ4n) is 2.56. The minimum absolute atomic E-state index is 0.723. The van der Waals surface area contributed by atoms with E-state index in [0.29, 0.717) is 0 Å². The van der Waals surface area contributed by atoms with E-state index in [1.807, 2.05) is 6.20 Å². The van der Waals surface area contributed by atoms with Crippen molar-refractivity contribution < 1.29 is 0 Å². The van der Waals surface area contributed by atoms with Crippen LogP contribution in [-0.4, -0.2) is 4.98 Å². The Hall–Kier alpha value is -0.850. The first kappa shape index (κ1) is 8.74. The van der Waals surface area contributed by atoms with E-state index < -0.39 is 0 Å². The molecule has 0 aromatic carbocycles. The predicted octanol–water partition coefficient (Wildman–Crippen LogP) is 3.16. The highest BCUT2D eigenvalue weighted by molar-refractivity contribution is 5.29. The Kier molecular flexibility index (Phi) is 2.34. The molecule has 0 N–H and O–H groups in total. The molecule has 0 spiro atoms. The van der Waals surface area contributed by atoms with Crippen molar-refractivity contribution in [3.05, 3.63) is 29.6 Å². The summed E-state index contributed by atoms with van der Waals surface area (Å²) in [6.07, 6.45) is 5.70. The van der Waals surface area contributed by atoms with Gasteiger partial charge in [0.15, 0.2) is 0 Å². The van der Waals surface area contributed by atoms with Crippen LogP contribution >= 0.6 is 0 Å². The second-order valence-corrected chi connectivity index (χ2v) is 3.93. The summed E-state index contributed by atoms with van der Waals surface area (Å²) in [5, 5.41) is 0. The average Bonchev–Trinajstić information content (AvgIpc) is 2.55. The first-order valence-corrected chi connectivity index (χ1v) is 5.30. The van der Waals surface area contributed by atoms with Crippen molar-refractivity contribution in [2.24, 2.45) is 5.92 Å². The highest BCUT2D eigenvalue weighted by atomic mass is 14.7. The summed E-state index contributed by atoms with van der Waals surface area (Å²) >= 11 is 0. The molecule has 0 bridgehead atoms. The Morgan fingerprint density at radius 3 is 2.92 bits per heavy atom. The van der Waals surface area contributed by atoms with Gasteiger partial charge in [0, 0.05) is 17.8 Å². The molecule has 0 fully saturated rings. The Balaban J connectivity index is 2.34. The van der Waals surface area contributed by atoms with Gasteiger partial charge in [0.05, 0.1) is 0 Å². The standard InChI is InChI=1S/C12H17N/c1-3-9-8-10-6-5-7-13-12(10)11(9)4-2/h5-7,9,11H,3-4,8H2,1-2H3/t9?,11-/m0/s1. The molecule has 0 aliphatic heterocycles. The first-order chi connectivity index (χ1) is 6.36. The topological polar surface area (TPSA) is 12.9 Å². The van der Waals surface area contributed by atoms with Crippen molar-refractivity contribution in [1.29, 1.82) is 0 Å². The third-order valence-electron chi connectivity index (χ3n) is 3.29. The lowest BCUT2D eigenvalue weighted by molar-refractivity contribution is 0.428. The van der Waals surface area contributed by atoms with Crippen LogP contribution in [0.3, 0.4) is 0 Å². The van der Waals surface area contributed by atoms with E-state index in [9.17, 15) is 0 Å². The minimum atomic E-state index is 0.723. The summed E-state index contributed by atoms with van der Waals surface area (Å²) in [6, 6.07) is 4.30. The lowest BCUT2D eigenvalue weighted by Gasteiger charge is -2.15. The summed E-state index contributed by atoms with van der Waals surface area (Å²) < 4.78 is 0. The largest absolute Gasteiger partial charge is 0.261 e. The van der Waals surface area contributed by atoms with Gasteiger partial charge in [-0.05, 0) is 30.4 Å². The van der Waals surface area contributed by atoms with Gasteiger partial charge in [0.2, 0.25) is 0 Å². The zero-order valence-electron chi connectivity index (χ0n) is 8.46. The SMILES string of the molecule is CCC1Cc2cccnc2[C@H]1CC. The highest BCUT2D eigenvalue weighted by Crippen LogP contribution is 2.39. The molecule has 70 valence electrons. The molecule has 0 saturated heterocycles. The van der Waals surface area contributed by atoms with Gasteiger partial charge in [-0.1, -0.05) is 26.3 Å². The van der Waals surface area contributed by atoms with Gasteiger partial charge < -0.3 is 0 Å². The number of hydrogen-bond acceptors (Lipinski definition) is 1. The molecule has 1 aromatic heterocycles. The summed E-state index contributed by atoms with van der Waals surface area (Å²) in [4.78, 5) is 4.51. The minimum Gasteiger partial charge on any atom is -0.261 e. The van der Waals surface area contributed by atoms with E-state index in [1.54, 1.807) is 0 Å². The van der Waals surface area contributed by atoms with E-state index in [1.165, 1.54) is 30.5 Å². The number of pyridine rings is 1. The molecule has 1 aliphatic carbocycles. The van der Waals surface area contributed by atoms with Crippen LogP contribution in [0.4, 0.5) is 0 Å². The molecular formula is C12H17N. The first-order valence-electron chi connectivity index (χ1n) is 5.30. The summed E-state index contributed by atoms with van der Waals surface area (Å²) in [5.41, 5.74) is 2.86. The Labute approximate surface area is 80.2 Å². The molecule has 2 atom stereocenters. The number of fused-ring (bicyclic) bond motifs is 1. The zero-order valence-corrected chi connectivity index (χ0v) is 8.46. The maximum absolute atomic E-state index is 4.51. The Morgan fingerprint density at radius 1 is 1.38 bits per heavy atom. The second-order valence-electron chi connectivity index (χ2n) is 3.93. The molecule has 1 aromatic rings. The molecule has 1 nitrogen and oxygen atoms in total. The molecule has 13 heavy (non-hydrogen) atoms. The maximum Gasteiger partial charge on any atom is 0.0469 e. The van der Waals surface area contributed by atoms with Crippen LogP contribution in [0.25, 0.3) is 0 Å². The molecule has 0 radical (unpaired) electrons. The summed E-state index contributed by atoms with van der Waals surface area (Å²) in [7, 11) is 0. The monoisotopic (exact) mass is 175 g/mol. The molecular weight excluding hydrogens is 158 g/mol. The van der Waals surface area contributed by atoms with Gasteiger partial charge in [-0.15, -0.1) is 0 Å². The van der Waals surface area contributed by atoms with E-state index >= 15 is 0 Å². The van der Waals surface area contributed by atoms with Crippen LogP contribution in [0.5, 0.6) is 0 Å². The van der Waals surface area contributed by atoms with Crippen molar-refractivity contribution in [3.8, 4) is 0 Å². The fraction of sp³-hybridized carbons (Fsp3) is 0.583. The van der Waals surface area contributed by atoms with Gasteiger partial charge in [0.1, 0.15) is 0 Å². The van der Waals surface area contributed by atoms with Gasteiger partial charge in [-0.3, -0.25) is 4.98 Å². The number of rotatable bonds is 2. The van der Waals surface area contributed by atoms with Crippen molar-refractivity contribution in [3.63, 3.8) is 0 Å². The molecule has 2 rings (SSSR count). The molecule has 1 heterocycles. The molecule has 0 amide bonds. The van der Waals surface area contributed by atoms with Crippen LogP contribution in [0, 0.1) is 5.92 Å². The van der Waals surface area contributed by atoms with E-state index in [0.717, 1.165) is 11.8 Å². The predicted molar refractivity (Wildman–Crippen MR) is 54.8 cm³/mol. The van der Waals surface area contributed by atoms with Gasteiger partial charge in [-0.2, -0.15) is 0 Å². The summed E-state index contributed by atoms with van der Waals surface area (Å²) in [6.45, 7) is 4.57. The quantitative estimate of drug-likeness (QED) is 0.672. The molecule has 1 heteroatoms. The average molecular weight is 175 g/mol. The van der Waals surface area contributed by atoms with Crippen LogP contribution < -0.4 is 0 Å². The van der Waals surface area contributed by atoms with Crippen LogP contribution in [-0.2, 0) is 6.42 Å². The third-order valence-corrected chi connectivity index (χ3v) is 3.29. The molecule has 1 unspecified atom stereocenters. The van der Waals surface area contributed by atoms with E-state index in [4.69, 9.17) is 0 Å². The Morgan fingerprint density at radius 2 is 2.23 bits per heavy atom. The van der Waals surface area contributed by atoms with Gasteiger partial charge >= 0.3 is 0 Å². The number of hydrogen-bond donors (Lipinski definition) is 0. The number of nitrogens with zero attached hydrogens (tertiary/aromatic N) is 1. The lowest BCUT2D eigenvalue weighted by atomic mass is 9.90. The number of aromatic nitrogens is 1. The third kappa shape index (κ3) is 1.37. The Bertz CT molecular complexity index is 293. The smallest absolute Gasteiger partial charge is 0.0469 e. The van der Waals surface area contributed by atoms with Crippen molar-refractivity contribution in [2.75, 3.05) is 0 Å². The molecule has 0 saturated carbocycles. The van der Waals surface area contributed by atoms with E-state index in [-0.39, 0.29) is 0 Å². The van der Waals surface area contributed by atoms with Crippen molar-refractivity contribution >= 4 is 0 Å². The van der Waals surface area contributed by atoms with Crippen molar-refractivity contribution in [1.82, 2.24) is 4.98 Å². The van der Waals surface area contributed by atoms with Crippen LogP contribution in [0.2, 0.25) is 0 Å². The van der Waals surface area contributed by atoms with Crippen molar-refractivity contribution in [2.45, 2.75) is 39.0 Å². The van der Waals surface area contributed by atoms with Crippen LogP contribution in [0.1, 0.15) is 43.9 Å². The normalized spacial score (nSPS) is 26.0. The zero-order chi connectivity index (χ0) is 9.26. The van der Waals surface area contributed by atoms with Gasteiger partial charge in [0.25, 0.3) is 0 Å². The second kappa shape index (κ2) is 3.49. The lowest BCUT2D eigenvalue weighted by Crippen LogP contribution is -2.05. The summed E-state index contributed by atoms with van der Waals surface area (Å²) in [5.74, 6) is 1.57. The van der Waals surface area contributed by atoms with E-state index in [2.05, 4.69) is 31.0 Å². The van der Waals surface area contributed by atoms with Gasteiger partial charge in [-0.25, -0.2) is 0 Å². The van der Waals surface area contributed by atoms with Crippen LogP contribution in [0.15, 0.2) is 18.3 Å². The highest BCUT2D eigenvalue weighted by Gasteiger charge is 2.30.